The Kier molecular flexibility index (Phi) is 6.54. The number of phenolic OH excluding ortho intramolecular Hbond substituents is 1. The molecule has 0 saturated carbocycles. The zero-order valence-corrected chi connectivity index (χ0v) is 11.5. The SMILES string of the molecule is CCOc1cc(CN(CC)CCOC)ccc1O. The lowest BCUT2D eigenvalue weighted by Gasteiger charge is -2.20. The van der Waals surface area contributed by atoms with Crippen molar-refractivity contribution in [2.24, 2.45) is 0 Å². The van der Waals surface area contributed by atoms with Crippen molar-refractivity contribution in [3.63, 3.8) is 0 Å². The van der Waals surface area contributed by atoms with Gasteiger partial charge >= 0.3 is 0 Å². The molecule has 0 radical (unpaired) electrons. The third kappa shape index (κ3) is 4.55. The van der Waals surface area contributed by atoms with Crippen LogP contribution in [0, 0.1) is 0 Å². The van der Waals surface area contributed by atoms with Crippen molar-refractivity contribution >= 4 is 0 Å². The van der Waals surface area contributed by atoms with Gasteiger partial charge in [0.05, 0.1) is 13.2 Å². The van der Waals surface area contributed by atoms with Gasteiger partial charge in [0.25, 0.3) is 0 Å². The van der Waals surface area contributed by atoms with Crippen LogP contribution in [-0.2, 0) is 11.3 Å². The average Bonchev–Trinajstić information content (AvgIpc) is 2.38. The summed E-state index contributed by atoms with van der Waals surface area (Å²) in [4.78, 5) is 2.28. The van der Waals surface area contributed by atoms with Crippen molar-refractivity contribution in [3.8, 4) is 11.5 Å². The predicted molar refractivity (Wildman–Crippen MR) is 72.1 cm³/mol. The molecule has 0 fully saturated rings. The van der Waals surface area contributed by atoms with Crippen molar-refractivity contribution < 1.29 is 14.6 Å². The molecule has 4 nitrogen and oxygen atoms in total. The molecular formula is C14H23NO3. The van der Waals surface area contributed by atoms with Gasteiger partial charge in [0.2, 0.25) is 0 Å². The van der Waals surface area contributed by atoms with Crippen molar-refractivity contribution in [1.82, 2.24) is 4.90 Å². The van der Waals surface area contributed by atoms with E-state index in [0.717, 1.165) is 31.8 Å². The molecule has 0 bridgehead atoms. The van der Waals surface area contributed by atoms with Gasteiger partial charge in [-0.3, -0.25) is 4.90 Å². The molecule has 0 aliphatic heterocycles. The molecule has 0 saturated heterocycles. The number of hydrogen-bond acceptors (Lipinski definition) is 4. The number of phenols is 1. The number of likely N-dealkylation sites (N-methyl/N-ethyl adjacent to an activating group) is 1. The maximum atomic E-state index is 9.64. The number of aromatic hydroxyl groups is 1. The van der Waals surface area contributed by atoms with E-state index >= 15 is 0 Å². The molecule has 0 amide bonds. The monoisotopic (exact) mass is 253 g/mol. The largest absolute Gasteiger partial charge is 0.504 e. The van der Waals surface area contributed by atoms with E-state index in [9.17, 15) is 5.11 Å². The van der Waals surface area contributed by atoms with Gasteiger partial charge in [0.1, 0.15) is 0 Å². The van der Waals surface area contributed by atoms with Gasteiger partial charge in [-0.1, -0.05) is 13.0 Å². The molecule has 1 N–H and O–H groups in total. The Morgan fingerprint density at radius 3 is 2.67 bits per heavy atom. The Morgan fingerprint density at radius 1 is 1.28 bits per heavy atom. The summed E-state index contributed by atoms with van der Waals surface area (Å²) in [6.07, 6.45) is 0. The Balaban J connectivity index is 2.67. The fraction of sp³-hybridized carbons (Fsp3) is 0.571. The van der Waals surface area contributed by atoms with Crippen LogP contribution in [0.5, 0.6) is 11.5 Å². The summed E-state index contributed by atoms with van der Waals surface area (Å²) in [7, 11) is 1.71. The molecule has 0 aromatic heterocycles. The van der Waals surface area contributed by atoms with Gasteiger partial charge < -0.3 is 14.6 Å². The first kappa shape index (κ1) is 14.8. The fourth-order valence-electron chi connectivity index (χ4n) is 1.76. The first-order chi connectivity index (χ1) is 8.71. The van der Waals surface area contributed by atoms with Crippen LogP contribution in [0.1, 0.15) is 19.4 Å². The molecule has 0 aliphatic carbocycles. The molecule has 1 rings (SSSR count). The minimum Gasteiger partial charge on any atom is -0.504 e. The molecule has 0 heterocycles. The lowest BCUT2D eigenvalue weighted by atomic mass is 10.2. The molecule has 1 aromatic carbocycles. The number of hydrogen-bond donors (Lipinski definition) is 1. The van der Waals surface area contributed by atoms with Crippen LogP contribution < -0.4 is 4.74 Å². The Morgan fingerprint density at radius 2 is 2.06 bits per heavy atom. The molecule has 1 aromatic rings. The maximum absolute atomic E-state index is 9.64. The highest BCUT2D eigenvalue weighted by Crippen LogP contribution is 2.27. The van der Waals surface area contributed by atoms with Crippen LogP contribution in [0.3, 0.4) is 0 Å². The number of methoxy groups -OCH3 is 1. The summed E-state index contributed by atoms with van der Waals surface area (Å²) in [5, 5.41) is 9.64. The van der Waals surface area contributed by atoms with Crippen molar-refractivity contribution in [2.45, 2.75) is 20.4 Å². The van der Waals surface area contributed by atoms with E-state index in [1.54, 1.807) is 13.2 Å². The molecule has 18 heavy (non-hydrogen) atoms. The summed E-state index contributed by atoms with van der Waals surface area (Å²) in [5.74, 6) is 0.748. The summed E-state index contributed by atoms with van der Waals surface area (Å²) < 4.78 is 10.5. The van der Waals surface area contributed by atoms with Crippen LogP contribution in [0.15, 0.2) is 18.2 Å². The molecule has 102 valence electrons. The van der Waals surface area contributed by atoms with Crippen LogP contribution in [0.25, 0.3) is 0 Å². The highest BCUT2D eigenvalue weighted by atomic mass is 16.5. The fourth-order valence-corrected chi connectivity index (χ4v) is 1.76. The zero-order chi connectivity index (χ0) is 13.4. The van der Waals surface area contributed by atoms with E-state index in [1.165, 1.54) is 0 Å². The smallest absolute Gasteiger partial charge is 0.161 e. The third-order valence-corrected chi connectivity index (χ3v) is 2.79. The number of benzene rings is 1. The van der Waals surface area contributed by atoms with E-state index in [0.29, 0.717) is 12.4 Å². The molecule has 4 heteroatoms. The van der Waals surface area contributed by atoms with Gasteiger partial charge in [0, 0.05) is 20.2 Å². The molecular weight excluding hydrogens is 230 g/mol. The van der Waals surface area contributed by atoms with Gasteiger partial charge in [-0.2, -0.15) is 0 Å². The predicted octanol–water partition coefficient (Wildman–Crippen LogP) is 2.26. The van der Waals surface area contributed by atoms with E-state index in [-0.39, 0.29) is 5.75 Å². The minimum atomic E-state index is 0.195. The van der Waals surface area contributed by atoms with E-state index < -0.39 is 0 Å². The molecule has 0 aliphatic rings. The number of rotatable bonds is 8. The van der Waals surface area contributed by atoms with Crippen molar-refractivity contribution in [1.29, 1.82) is 0 Å². The van der Waals surface area contributed by atoms with Gasteiger partial charge in [-0.15, -0.1) is 0 Å². The van der Waals surface area contributed by atoms with Gasteiger partial charge in [-0.05, 0) is 31.2 Å². The van der Waals surface area contributed by atoms with Crippen molar-refractivity contribution in [2.75, 3.05) is 33.4 Å². The van der Waals surface area contributed by atoms with Crippen LogP contribution in [0.4, 0.5) is 0 Å². The first-order valence-corrected chi connectivity index (χ1v) is 6.37. The number of ether oxygens (including phenoxy) is 2. The summed E-state index contributed by atoms with van der Waals surface area (Å²) in [5.41, 5.74) is 1.13. The van der Waals surface area contributed by atoms with Crippen LogP contribution in [0.2, 0.25) is 0 Å². The van der Waals surface area contributed by atoms with Crippen LogP contribution >= 0.6 is 0 Å². The van der Waals surface area contributed by atoms with E-state index in [2.05, 4.69) is 11.8 Å². The Hall–Kier alpha value is -1.26. The lowest BCUT2D eigenvalue weighted by molar-refractivity contribution is 0.147. The van der Waals surface area contributed by atoms with Gasteiger partial charge in [0.15, 0.2) is 11.5 Å². The Bertz CT molecular complexity index is 355. The Labute approximate surface area is 109 Å². The normalized spacial score (nSPS) is 10.9. The average molecular weight is 253 g/mol. The second-order valence-corrected chi connectivity index (χ2v) is 4.10. The standard InChI is InChI=1S/C14H23NO3/c1-4-15(8-9-17-3)11-12-6-7-13(16)14(10-12)18-5-2/h6-7,10,16H,4-5,8-9,11H2,1-3H3. The lowest BCUT2D eigenvalue weighted by Crippen LogP contribution is -2.26. The highest BCUT2D eigenvalue weighted by Gasteiger charge is 2.07. The summed E-state index contributed by atoms with van der Waals surface area (Å²) >= 11 is 0. The molecule has 0 unspecified atom stereocenters. The molecule has 0 atom stereocenters. The topological polar surface area (TPSA) is 41.9 Å². The van der Waals surface area contributed by atoms with Gasteiger partial charge in [-0.25, -0.2) is 0 Å². The molecule has 0 spiro atoms. The quantitative estimate of drug-likeness (QED) is 0.771. The second kappa shape index (κ2) is 7.95. The zero-order valence-electron chi connectivity index (χ0n) is 11.5. The summed E-state index contributed by atoms with van der Waals surface area (Å²) in [6.45, 7) is 8.01. The van der Waals surface area contributed by atoms with E-state index in [4.69, 9.17) is 9.47 Å². The third-order valence-electron chi connectivity index (χ3n) is 2.79. The summed E-state index contributed by atoms with van der Waals surface area (Å²) in [6, 6.07) is 5.51. The van der Waals surface area contributed by atoms with Crippen molar-refractivity contribution in [3.05, 3.63) is 23.8 Å². The maximum Gasteiger partial charge on any atom is 0.161 e. The number of nitrogens with zero attached hydrogens (tertiary/aromatic N) is 1. The first-order valence-electron chi connectivity index (χ1n) is 6.37. The van der Waals surface area contributed by atoms with Crippen LogP contribution in [-0.4, -0.2) is 43.4 Å². The second-order valence-electron chi connectivity index (χ2n) is 4.10. The van der Waals surface area contributed by atoms with E-state index in [1.807, 2.05) is 19.1 Å². The highest BCUT2D eigenvalue weighted by molar-refractivity contribution is 5.41. The minimum absolute atomic E-state index is 0.195.